The average Bonchev–Trinajstić information content (AvgIpc) is 1.98. The van der Waals surface area contributed by atoms with E-state index in [1.54, 1.807) is 4.53 Å². The first-order chi connectivity index (χ1) is 3.72. The lowest BCUT2D eigenvalue weighted by molar-refractivity contribution is 0.137. The zero-order chi connectivity index (χ0) is 6.15. The molecule has 0 bridgehead atoms. The van der Waals surface area contributed by atoms with E-state index in [0.717, 1.165) is 6.54 Å². The molecule has 1 rings (SSSR count). The van der Waals surface area contributed by atoms with Gasteiger partial charge in [0.2, 0.25) is 0 Å². The van der Waals surface area contributed by atoms with Gasteiger partial charge in [0.1, 0.15) is 0 Å². The van der Waals surface area contributed by atoms with Crippen molar-refractivity contribution in [2.75, 3.05) is 13.6 Å². The van der Waals surface area contributed by atoms with E-state index in [0.29, 0.717) is 6.04 Å². The van der Waals surface area contributed by atoms with E-state index in [1.807, 2.05) is 12.1 Å². The van der Waals surface area contributed by atoms with Gasteiger partial charge in [-0.3, -0.25) is 0 Å². The molecule has 0 radical (unpaired) electrons. The van der Waals surface area contributed by atoms with Gasteiger partial charge in [-0.05, 0) is 25.1 Å². The molecule has 0 aromatic carbocycles. The quantitative estimate of drug-likeness (QED) is 0.458. The molecule has 3 heteroatoms. The lowest BCUT2D eigenvalue weighted by Crippen LogP contribution is -2.28. The van der Waals surface area contributed by atoms with Gasteiger partial charge >= 0.3 is 0 Å². The molecule has 0 aromatic rings. The number of nitrogens with zero attached hydrogens (tertiary/aromatic N) is 2. The van der Waals surface area contributed by atoms with Crippen molar-refractivity contribution >= 4 is 11.8 Å². The van der Waals surface area contributed by atoms with Gasteiger partial charge in [0, 0.05) is 19.6 Å². The van der Waals surface area contributed by atoms with Crippen molar-refractivity contribution in [3.05, 3.63) is 0 Å². The zero-order valence-corrected chi connectivity index (χ0v) is 6.02. The van der Waals surface area contributed by atoms with Gasteiger partial charge in [0.05, 0.1) is 0 Å². The summed E-state index contributed by atoms with van der Waals surface area (Å²) < 4.78 is 1.75. The highest BCUT2D eigenvalue weighted by atomic mass is 35.5. The Morgan fingerprint density at radius 2 is 2.25 bits per heavy atom. The molecule has 1 unspecified atom stereocenters. The van der Waals surface area contributed by atoms with Gasteiger partial charge in [-0.2, -0.15) is 4.53 Å². The molecule has 0 amide bonds. The second-order valence-electron chi connectivity index (χ2n) is 2.31. The molecule has 1 aliphatic rings. The fourth-order valence-corrected chi connectivity index (χ4v) is 1.09. The molecule has 0 saturated carbocycles. The van der Waals surface area contributed by atoms with Crippen LogP contribution in [0.4, 0.5) is 0 Å². The Morgan fingerprint density at radius 1 is 1.62 bits per heavy atom. The summed E-state index contributed by atoms with van der Waals surface area (Å²) in [6.07, 6.45) is 1.18. The molecule has 0 spiro atoms. The molecule has 1 saturated heterocycles. The summed E-state index contributed by atoms with van der Waals surface area (Å²) in [4.78, 5) is 0. The third-order valence-corrected chi connectivity index (χ3v) is 2.15. The summed E-state index contributed by atoms with van der Waals surface area (Å²) in [6.45, 7) is 3.21. The second-order valence-corrected chi connectivity index (χ2v) is 2.65. The summed E-state index contributed by atoms with van der Waals surface area (Å²) in [5.41, 5.74) is 0. The second kappa shape index (κ2) is 2.21. The molecule has 1 heterocycles. The third-order valence-electron chi connectivity index (χ3n) is 1.56. The van der Waals surface area contributed by atoms with Crippen LogP contribution < -0.4 is 0 Å². The predicted octanol–water partition coefficient (Wildman–Crippen LogP) is 1.08. The highest BCUT2D eigenvalue weighted by Crippen LogP contribution is 2.17. The van der Waals surface area contributed by atoms with E-state index < -0.39 is 0 Å². The van der Waals surface area contributed by atoms with Crippen LogP contribution in [0.3, 0.4) is 0 Å². The molecule has 48 valence electrons. The standard InChI is InChI=1S/C5H11ClN2/c1-5-3-4-7(2)8(5)6/h5H,3-4H2,1-2H3. The normalized spacial score (nSPS) is 34.1. The van der Waals surface area contributed by atoms with E-state index in [-0.39, 0.29) is 0 Å². The topological polar surface area (TPSA) is 6.48 Å². The first-order valence-electron chi connectivity index (χ1n) is 2.88. The Labute approximate surface area is 55.1 Å². The van der Waals surface area contributed by atoms with Crippen LogP contribution in [0.1, 0.15) is 13.3 Å². The van der Waals surface area contributed by atoms with Crippen molar-refractivity contribution in [1.29, 1.82) is 0 Å². The molecular formula is C5H11ClN2. The summed E-state index contributed by atoms with van der Waals surface area (Å²) >= 11 is 5.77. The van der Waals surface area contributed by atoms with Crippen LogP contribution in [-0.2, 0) is 0 Å². The molecule has 8 heavy (non-hydrogen) atoms. The maximum atomic E-state index is 5.77. The molecule has 0 aliphatic carbocycles. The predicted molar refractivity (Wildman–Crippen MR) is 34.4 cm³/mol. The van der Waals surface area contributed by atoms with Crippen molar-refractivity contribution in [3.8, 4) is 0 Å². The Kier molecular flexibility index (Phi) is 1.75. The summed E-state index contributed by atoms with van der Waals surface area (Å²) in [5.74, 6) is 0. The number of hydrazine groups is 1. The van der Waals surface area contributed by atoms with Crippen LogP contribution in [-0.4, -0.2) is 29.2 Å². The summed E-state index contributed by atoms with van der Waals surface area (Å²) in [7, 11) is 2.00. The fraction of sp³-hybridized carbons (Fsp3) is 1.00. The minimum Gasteiger partial charge on any atom is -0.230 e. The van der Waals surface area contributed by atoms with E-state index in [9.17, 15) is 0 Å². The maximum absolute atomic E-state index is 5.77. The smallest absolute Gasteiger partial charge is 0.0394 e. The number of hydrogen-bond donors (Lipinski definition) is 0. The van der Waals surface area contributed by atoms with Gasteiger partial charge in [-0.25, -0.2) is 5.01 Å². The lowest BCUT2D eigenvalue weighted by atomic mass is 10.3. The molecule has 1 atom stereocenters. The Bertz CT molecular complexity index is 76.5. The van der Waals surface area contributed by atoms with Crippen LogP contribution in [0.15, 0.2) is 0 Å². The molecule has 0 N–H and O–H groups in total. The monoisotopic (exact) mass is 134 g/mol. The van der Waals surface area contributed by atoms with E-state index >= 15 is 0 Å². The van der Waals surface area contributed by atoms with Crippen LogP contribution >= 0.6 is 11.8 Å². The largest absolute Gasteiger partial charge is 0.230 e. The molecule has 0 aromatic heterocycles. The van der Waals surface area contributed by atoms with Crippen molar-refractivity contribution in [2.45, 2.75) is 19.4 Å². The molecule has 1 aliphatic heterocycles. The van der Waals surface area contributed by atoms with Gasteiger partial charge in [0.25, 0.3) is 0 Å². The van der Waals surface area contributed by atoms with E-state index in [4.69, 9.17) is 11.8 Å². The minimum absolute atomic E-state index is 0.515. The number of rotatable bonds is 0. The van der Waals surface area contributed by atoms with E-state index in [2.05, 4.69) is 6.92 Å². The SMILES string of the molecule is CC1CCN(C)N1Cl. The van der Waals surface area contributed by atoms with Crippen molar-refractivity contribution in [1.82, 2.24) is 9.54 Å². The first kappa shape index (κ1) is 6.33. The maximum Gasteiger partial charge on any atom is 0.0394 e. The Balaban J connectivity index is 2.44. The molecular weight excluding hydrogens is 124 g/mol. The number of halogens is 1. The number of hydrogen-bond acceptors (Lipinski definition) is 2. The molecule has 1 fully saturated rings. The van der Waals surface area contributed by atoms with Crippen molar-refractivity contribution in [3.63, 3.8) is 0 Å². The van der Waals surface area contributed by atoms with Crippen molar-refractivity contribution < 1.29 is 0 Å². The van der Waals surface area contributed by atoms with Gasteiger partial charge < -0.3 is 0 Å². The highest BCUT2D eigenvalue weighted by molar-refractivity contribution is 6.13. The fourth-order valence-electron chi connectivity index (χ4n) is 0.912. The van der Waals surface area contributed by atoms with Crippen molar-refractivity contribution in [2.24, 2.45) is 0 Å². The third kappa shape index (κ3) is 0.966. The first-order valence-corrected chi connectivity index (χ1v) is 3.21. The van der Waals surface area contributed by atoms with Gasteiger partial charge in [-0.1, -0.05) is 0 Å². The average molecular weight is 135 g/mol. The van der Waals surface area contributed by atoms with Crippen LogP contribution in [0.5, 0.6) is 0 Å². The van der Waals surface area contributed by atoms with E-state index in [1.165, 1.54) is 6.42 Å². The minimum atomic E-state index is 0.515. The Morgan fingerprint density at radius 3 is 2.38 bits per heavy atom. The zero-order valence-electron chi connectivity index (χ0n) is 5.26. The lowest BCUT2D eigenvalue weighted by Gasteiger charge is -2.17. The van der Waals surface area contributed by atoms with Gasteiger partial charge in [0.15, 0.2) is 0 Å². The summed E-state index contributed by atoms with van der Waals surface area (Å²) in [5, 5.41) is 2.02. The highest BCUT2D eigenvalue weighted by Gasteiger charge is 2.22. The Hall–Kier alpha value is 0.210. The summed E-state index contributed by atoms with van der Waals surface area (Å²) in [6, 6.07) is 0.515. The van der Waals surface area contributed by atoms with Crippen LogP contribution in [0.2, 0.25) is 0 Å². The molecule has 2 nitrogen and oxygen atoms in total. The van der Waals surface area contributed by atoms with Crippen LogP contribution in [0.25, 0.3) is 0 Å². The van der Waals surface area contributed by atoms with Gasteiger partial charge in [-0.15, -0.1) is 0 Å². The van der Waals surface area contributed by atoms with Crippen LogP contribution in [0, 0.1) is 0 Å².